The first-order valence-corrected chi connectivity index (χ1v) is 10.1. The lowest BCUT2D eigenvalue weighted by molar-refractivity contribution is -0.955. The topological polar surface area (TPSA) is 22.1 Å². The van der Waals surface area contributed by atoms with E-state index in [2.05, 4.69) is 36.3 Å². The van der Waals surface area contributed by atoms with E-state index in [9.17, 15) is 0 Å². The third-order valence-electron chi connectivity index (χ3n) is 7.01. The smallest absolute Gasteiger partial charge is 0.120 e. The Balaban J connectivity index is 1.24. The molecule has 25 heavy (non-hydrogen) atoms. The zero-order valence-corrected chi connectivity index (χ0v) is 15.2. The first-order chi connectivity index (χ1) is 12.2. The van der Waals surface area contributed by atoms with Crippen LogP contribution in [0.3, 0.4) is 0 Å². The average Bonchev–Trinajstić information content (AvgIpc) is 3.54. The van der Waals surface area contributed by atoms with Gasteiger partial charge in [0.2, 0.25) is 0 Å². The molecule has 0 saturated heterocycles. The second-order valence-corrected chi connectivity index (χ2v) is 8.62. The lowest BCUT2D eigenvalue weighted by Crippen LogP contribution is -2.57. The van der Waals surface area contributed by atoms with Crippen LogP contribution in [0.4, 0.5) is 0 Å². The van der Waals surface area contributed by atoms with E-state index in [1.54, 1.807) is 0 Å². The molecule has 0 unspecified atom stereocenters. The molecule has 0 spiro atoms. The van der Waals surface area contributed by atoms with Crippen LogP contribution in [0.1, 0.15) is 51.4 Å². The highest BCUT2D eigenvalue weighted by Crippen LogP contribution is 2.48. The summed E-state index contributed by atoms with van der Waals surface area (Å²) in [4.78, 5) is 4.19. The predicted octanol–water partition coefficient (Wildman–Crippen LogP) is 4.70. The molecular formula is C22H29N2O+. The SMILES string of the molecule is C[N+](C1CC1)(C1CC1)[C@H]1CC[C@H](Oc2ccc3cnccc3c2)CC1. The zero-order valence-electron chi connectivity index (χ0n) is 15.2. The van der Waals surface area contributed by atoms with Gasteiger partial charge in [-0.05, 0) is 42.5 Å². The summed E-state index contributed by atoms with van der Waals surface area (Å²) in [5.41, 5.74) is 0. The van der Waals surface area contributed by atoms with Gasteiger partial charge in [0.15, 0.2) is 0 Å². The Labute approximate surface area is 150 Å². The van der Waals surface area contributed by atoms with E-state index in [1.807, 2.05) is 12.4 Å². The van der Waals surface area contributed by atoms with Crippen molar-refractivity contribution in [1.82, 2.24) is 4.98 Å². The molecular weight excluding hydrogens is 308 g/mol. The van der Waals surface area contributed by atoms with Crippen LogP contribution in [-0.4, -0.2) is 40.7 Å². The number of nitrogens with zero attached hydrogens (tertiary/aromatic N) is 2. The van der Waals surface area contributed by atoms with E-state index in [0.717, 1.165) is 23.9 Å². The van der Waals surface area contributed by atoms with Gasteiger partial charge in [-0.15, -0.1) is 0 Å². The van der Waals surface area contributed by atoms with Crippen molar-refractivity contribution in [2.24, 2.45) is 0 Å². The molecule has 5 rings (SSSR count). The van der Waals surface area contributed by atoms with E-state index in [1.165, 1.54) is 66.6 Å². The van der Waals surface area contributed by atoms with Crippen molar-refractivity contribution in [3.8, 4) is 5.75 Å². The molecule has 3 aliphatic rings. The minimum Gasteiger partial charge on any atom is -0.490 e. The molecule has 1 aromatic heterocycles. The molecule has 3 saturated carbocycles. The molecule has 3 aliphatic carbocycles. The van der Waals surface area contributed by atoms with Gasteiger partial charge in [0.1, 0.15) is 5.75 Å². The average molecular weight is 337 g/mol. The van der Waals surface area contributed by atoms with Crippen LogP contribution < -0.4 is 4.74 Å². The Hall–Kier alpha value is -1.61. The number of quaternary nitrogens is 1. The summed E-state index contributed by atoms with van der Waals surface area (Å²) >= 11 is 0. The van der Waals surface area contributed by atoms with Gasteiger partial charge < -0.3 is 9.22 Å². The first kappa shape index (κ1) is 15.6. The van der Waals surface area contributed by atoms with Crippen molar-refractivity contribution in [3.05, 3.63) is 36.7 Å². The summed E-state index contributed by atoms with van der Waals surface area (Å²) < 4.78 is 7.75. The van der Waals surface area contributed by atoms with Crippen LogP contribution >= 0.6 is 0 Å². The van der Waals surface area contributed by atoms with Gasteiger partial charge in [0, 0.05) is 56.3 Å². The lowest BCUT2D eigenvalue weighted by Gasteiger charge is -2.45. The van der Waals surface area contributed by atoms with E-state index >= 15 is 0 Å². The van der Waals surface area contributed by atoms with Crippen molar-refractivity contribution in [3.63, 3.8) is 0 Å². The van der Waals surface area contributed by atoms with Gasteiger partial charge >= 0.3 is 0 Å². The summed E-state index contributed by atoms with van der Waals surface area (Å²) in [6.45, 7) is 0. The van der Waals surface area contributed by atoms with Crippen LogP contribution in [0.15, 0.2) is 36.7 Å². The maximum Gasteiger partial charge on any atom is 0.120 e. The summed E-state index contributed by atoms with van der Waals surface area (Å²) in [6.07, 6.45) is 15.1. The van der Waals surface area contributed by atoms with Crippen molar-refractivity contribution >= 4 is 10.8 Å². The van der Waals surface area contributed by atoms with Gasteiger partial charge in [0.05, 0.1) is 31.3 Å². The molecule has 1 aromatic carbocycles. The number of hydrogen-bond donors (Lipinski definition) is 0. The highest BCUT2D eigenvalue weighted by Gasteiger charge is 2.55. The molecule has 0 atom stereocenters. The van der Waals surface area contributed by atoms with Gasteiger partial charge in [-0.3, -0.25) is 4.98 Å². The Morgan fingerprint density at radius 1 is 0.840 bits per heavy atom. The molecule has 0 N–H and O–H groups in total. The predicted molar refractivity (Wildman–Crippen MR) is 101 cm³/mol. The van der Waals surface area contributed by atoms with E-state index < -0.39 is 0 Å². The Morgan fingerprint density at radius 2 is 1.48 bits per heavy atom. The lowest BCUT2D eigenvalue weighted by atomic mass is 9.90. The zero-order chi connectivity index (χ0) is 16.9. The summed E-state index contributed by atoms with van der Waals surface area (Å²) in [5.74, 6) is 1.02. The minimum atomic E-state index is 0.391. The Bertz CT molecular complexity index is 745. The summed E-state index contributed by atoms with van der Waals surface area (Å²) in [6, 6.07) is 11.3. The number of fused-ring (bicyclic) bond motifs is 1. The van der Waals surface area contributed by atoms with E-state index in [0.29, 0.717) is 6.10 Å². The second-order valence-electron chi connectivity index (χ2n) is 8.62. The molecule has 3 heteroatoms. The molecule has 0 aliphatic heterocycles. The molecule has 0 amide bonds. The second kappa shape index (κ2) is 5.98. The maximum atomic E-state index is 6.35. The van der Waals surface area contributed by atoms with Crippen molar-refractivity contribution in [2.45, 2.75) is 75.6 Å². The van der Waals surface area contributed by atoms with Crippen LogP contribution in [0, 0.1) is 0 Å². The fraction of sp³-hybridized carbons (Fsp3) is 0.591. The molecule has 132 valence electrons. The van der Waals surface area contributed by atoms with Gasteiger partial charge in [-0.25, -0.2) is 0 Å². The Kier molecular flexibility index (Phi) is 3.74. The molecule has 1 heterocycles. The van der Waals surface area contributed by atoms with Crippen LogP contribution in [-0.2, 0) is 0 Å². The van der Waals surface area contributed by atoms with E-state index in [4.69, 9.17) is 4.74 Å². The number of hydrogen-bond acceptors (Lipinski definition) is 2. The van der Waals surface area contributed by atoms with Crippen LogP contribution in [0.2, 0.25) is 0 Å². The minimum absolute atomic E-state index is 0.391. The normalized spacial score (nSPS) is 27.4. The maximum absolute atomic E-state index is 6.35. The fourth-order valence-corrected chi connectivity index (χ4v) is 5.20. The third kappa shape index (κ3) is 2.93. The van der Waals surface area contributed by atoms with Gasteiger partial charge in [0.25, 0.3) is 0 Å². The number of rotatable bonds is 5. The molecule has 0 bridgehead atoms. The number of ether oxygens (including phenoxy) is 1. The fourth-order valence-electron chi connectivity index (χ4n) is 5.20. The van der Waals surface area contributed by atoms with Crippen LogP contribution in [0.25, 0.3) is 10.8 Å². The molecule has 2 aromatic rings. The van der Waals surface area contributed by atoms with Crippen molar-refractivity contribution < 1.29 is 9.22 Å². The van der Waals surface area contributed by atoms with Gasteiger partial charge in [-0.2, -0.15) is 0 Å². The van der Waals surface area contributed by atoms with E-state index in [-0.39, 0.29) is 0 Å². The number of benzene rings is 1. The number of pyridine rings is 1. The molecule has 3 nitrogen and oxygen atoms in total. The van der Waals surface area contributed by atoms with Crippen molar-refractivity contribution in [1.29, 1.82) is 0 Å². The third-order valence-corrected chi connectivity index (χ3v) is 7.01. The summed E-state index contributed by atoms with van der Waals surface area (Å²) in [5, 5.41) is 2.40. The number of aromatic nitrogens is 1. The van der Waals surface area contributed by atoms with Crippen molar-refractivity contribution in [2.75, 3.05) is 7.05 Å². The Morgan fingerprint density at radius 3 is 2.12 bits per heavy atom. The highest BCUT2D eigenvalue weighted by atomic mass is 16.5. The van der Waals surface area contributed by atoms with Crippen LogP contribution in [0.5, 0.6) is 5.75 Å². The standard InChI is InChI=1S/C22H29N2O/c1-24(18-3-4-18,19-5-6-19)20-7-10-21(11-8-20)25-22-9-2-17-15-23-13-12-16(17)14-22/h2,9,12-15,18-21H,3-8,10-11H2,1H3/q+1/t20-,21-. The van der Waals surface area contributed by atoms with Gasteiger partial charge in [-0.1, -0.05) is 0 Å². The monoisotopic (exact) mass is 337 g/mol. The summed E-state index contributed by atoms with van der Waals surface area (Å²) in [7, 11) is 2.57. The quantitative estimate of drug-likeness (QED) is 0.738. The largest absolute Gasteiger partial charge is 0.490 e. The molecule has 0 radical (unpaired) electrons. The first-order valence-electron chi connectivity index (χ1n) is 10.1. The molecule has 3 fully saturated rings. The highest BCUT2D eigenvalue weighted by molar-refractivity contribution is 5.82.